The second-order valence-electron chi connectivity index (χ2n) is 4.78. The fourth-order valence-electron chi connectivity index (χ4n) is 2.12. The van der Waals surface area contributed by atoms with Crippen molar-refractivity contribution >= 4 is 21.7 Å². The summed E-state index contributed by atoms with van der Waals surface area (Å²) in [5.41, 5.74) is 3.71. The van der Waals surface area contributed by atoms with Crippen LogP contribution in [0, 0.1) is 0 Å². The standard InChI is InChI=1S/C18H15BrN2/c19-17-10-11-18(21-13-17)20-12-14-6-8-16(9-7-14)15-4-2-1-3-5-15/h1-11,13H,12H2,(H,20,21). The first-order valence-electron chi connectivity index (χ1n) is 6.81. The molecule has 1 N–H and O–H groups in total. The van der Waals surface area contributed by atoms with E-state index in [0.29, 0.717) is 0 Å². The maximum absolute atomic E-state index is 4.30. The molecule has 104 valence electrons. The summed E-state index contributed by atoms with van der Waals surface area (Å²) < 4.78 is 0.986. The molecular weight excluding hydrogens is 324 g/mol. The molecule has 3 rings (SSSR count). The molecule has 0 unspecified atom stereocenters. The van der Waals surface area contributed by atoms with Crippen LogP contribution >= 0.6 is 15.9 Å². The van der Waals surface area contributed by atoms with Crippen molar-refractivity contribution < 1.29 is 0 Å². The molecule has 21 heavy (non-hydrogen) atoms. The van der Waals surface area contributed by atoms with Crippen LogP contribution < -0.4 is 5.32 Å². The van der Waals surface area contributed by atoms with Crippen molar-refractivity contribution in [3.8, 4) is 11.1 Å². The van der Waals surface area contributed by atoms with Crippen molar-refractivity contribution in [1.82, 2.24) is 4.98 Å². The van der Waals surface area contributed by atoms with Crippen LogP contribution in [0.3, 0.4) is 0 Å². The van der Waals surface area contributed by atoms with Gasteiger partial charge >= 0.3 is 0 Å². The zero-order valence-electron chi connectivity index (χ0n) is 11.5. The van der Waals surface area contributed by atoms with Crippen molar-refractivity contribution in [3.63, 3.8) is 0 Å². The molecule has 0 saturated heterocycles. The zero-order chi connectivity index (χ0) is 14.5. The molecule has 3 heteroatoms. The van der Waals surface area contributed by atoms with Gasteiger partial charge in [0.05, 0.1) is 0 Å². The molecule has 0 aliphatic rings. The van der Waals surface area contributed by atoms with Crippen molar-refractivity contribution in [2.45, 2.75) is 6.54 Å². The van der Waals surface area contributed by atoms with E-state index in [2.05, 4.69) is 74.8 Å². The second kappa shape index (κ2) is 6.55. The Bertz CT molecular complexity index is 692. The lowest BCUT2D eigenvalue weighted by molar-refractivity contribution is 1.11. The van der Waals surface area contributed by atoms with Gasteiger partial charge in [-0.2, -0.15) is 0 Å². The Balaban J connectivity index is 1.66. The number of hydrogen-bond acceptors (Lipinski definition) is 2. The first-order valence-corrected chi connectivity index (χ1v) is 7.60. The monoisotopic (exact) mass is 338 g/mol. The lowest BCUT2D eigenvalue weighted by Crippen LogP contribution is -2.00. The van der Waals surface area contributed by atoms with Gasteiger partial charge in [-0.05, 0) is 44.8 Å². The van der Waals surface area contributed by atoms with Gasteiger partial charge in [0.1, 0.15) is 5.82 Å². The maximum atomic E-state index is 4.30. The zero-order valence-corrected chi connectivity index (χ0v) is 13.0. The van der Waals surface area contributed by atoms with Crippen LogP contribution in [0.4, 0.5) is 5.82 Å². The van der Waals surface area contributed by atoms with Crippen molar-refractivity contribution in [1.29, 1.82) is 0 Å². The molecule has 0 radical (unpaired) electrons. The lowest BCUT2D eigenvalue weighted by atomic mass is 10.0. The molecule has 0 bridgehead atoms. The highest BCUT2D eigenvalue weighted by Crippen LogP contribution is 2.19. The van der Waals surface area contributed by atoms with E-state index in [4.69, 9.17) is 0 Å². The molecule has 1 aromatic heterocycles. The molecule has 1 heterocycles. The number of anilines is 1. The summed E-state index contributed by atoms with van der Waals surface area (Å²) in [6.45, 7) is 0.768. The smallest absolute Gasteiger partial charge is 0.126 e. The van der Waals surface area contributed by atoms with Gasteiger partial charge in [-0.15, -0.1) is 0 Å². The van der Waals surface area contributed by atoms with E-state index in [-0.39, 0.29) is 0 Å². The summed E-state index contributed by atoms with van der Waals surface area (Å²) in [5.74, 6) is 0.880. The number of nitrogens with one attached hydrogen (secondary N) is 1. The van der Waals surface area contributed by atoms with E-state index in [0.717, 1.165) is 16.8 Å². The average molecular weight is 339 g/mol. The second-order valence-corrected chi connectivity index (χ2v) is 5.69. The van der Waals surface area contributed by atoms with Crippen LogP contribution in [0.15, 0.2) is 77.4 Å². The van der Waals surface area contributed by atoms with E-state index < -0.39 is 0 Å². The van der Waals surface area contributed by atoms with E-state index in [1.165, 1.54) is 16.7 Å². The van der Waals surface area contributed by atoms with Crippen molar-refractivity contribution in [2.24, 2.45) is 0 Å². The Morgan fingerprint density at radius 3 is 2.19 bits per heavy atom. The predicted molar refractivity (Wildman–Crippen MR) is 91.1 cm³/mol. The molecule has 3 aromatic rings. The summed E-state index contributed by atoms with van der Waals surface area (Å²) in [5, 5.41) is 3.32. The summed E-state index contributed by atoms with van der Waals surface area (Å²) in [7, 11) is 0. The normalized spacial score (nSPS) is 10.3. The Labute approximate surface area is 133 Å². The number of hydrogen-bond donors (Lipinski definition) is 1. The Kier molecular flexibility index (Phi) is 4.31. The highest BCUT2D eigenvalue weighted by atomic mass is 79.9. The number of benzene rings is 2. The summed E-state index contributed by atoms with van der Waals surface area (Å²) >= 11 is 3.38. The largest absolute Gasteiger partial charge is 0.366 e. The van der Waals surface area contributed by atoms with Gasteiger partial charge in [0.15, 0.2) is 0 Å². The molecule has 0 saturated carbocycles. The van der Waals surface area contributed by atoms with Gasteiger partial charge in [-0.1, -0.05) is 54.6 Å². The SMILES string of the molecule is Brc1ccc(NCc2ccc(-c3ccccc3)cc2)nc1. The first-order chi connectivity index (χ1) is 10.3. The number of rotatable bonds is 4. The van der Waals surface area contributed by atoms with Crippen LogP contribution in [0.25, 0.3) is 11.1 Å². The molecule has 0 aliphatic heterocycles. The van der Waals surface area contributed by atoms with Gasteiger partial charge in [-0.25, -0.2) is 4.98 Å². The Morgan fingerprint density at radius 1 is 0.810 bits per heavy atom. The quantitative estimate of drug-likeness (QED) is 0.713. The third-order valence-corrected chi connectivity index (χ3v) is 3.73. The number of aromatic nitrogens is 1. The third kappa shape index (κ3) is 3.70. The lowest BCUT2D eigenvalue weighted by Gasteiger charge is -2.07. The third-order valence-electron chi connectivity index (χ3n) is 3.26. The highest BCUT2D eigenvalue weighted by molar-refractivity contribution is 9.10. The van der Waals surface area contributed by atoms with Gasteiger partial charge in [0, 0.05) is 17.2 Å². The minimum atomic E-state index is 0.768. The van der Waals surface area contributed by atoms with Crippen LogP contribution in [0.2, 0.25) is 0 Å². The molecule has 0 aliphatic carbocycles. The van der Waals surface area contributed by atoms with Gasteiger partial charge in [0.25, 0.3) is 0 Å². The topological polar surface area (TPSA) is 24.9 Å². The minimum Gasteiger partial charge on any atom is -0.366 e. The first kappa shape index (κ1) is 13.8. The molecule has 0 fully saturated rings. The number of halogens is 1. The fraction of sp³-hybridized carbons (Fsp3) is 0.0556. The highest BCUT2D eigenvalue weighted by Gasteiger charge is 1.98. The Morgan fingerprint density at radius 2 is 1.52 bits per heavy atom. The van der Waals surface area contributed by atoms with Crippen LogP contribution in [-0.2, 0) is 6.54 Å². The van der Waals surface area contributed by atoms with Gasteiger partial charge in [0.2, 0.25) is 0 Å². The molecule has 0 amide bonds. The van der Waals surface area contributed by atoms with Crippen molar-refractivity contribution in [2.75, 3.05) is 5.32 Å². The molecule has 0 spiro atoms. The van der Waals surface area contributed by atoms with E-state index in [9.17, 15) is 0 Å². The molecule has 2 nitrogen and oxygen atoms in total. The van der Waals surface area contributed by atoms with Crippen LogP contribution in [0.5, 0.6) is 0 Å². The van der Waals surface area contributed by atoms with Crippen LogP contribution in [-0.4, -0.2) is 4.98 Å². The van der Waals surface area contributed by atoms with Gasteiger partial charge in [-0.3, -0.25) is 0 Å². The Hall–Kier alpha value is -2.13. The number of pyridine rings is 1. The van der Waals surface area contributed by atoms with Gasteiger partial charge < -0.3 is 5.32 Å². The summed E-state index contributed by atoms with van der Waals surface area (Å²) in [6.07, 6.45) is 1.79. The predicted octanol–water partition coefficient (Wildman–Crippen LogP) is 5.12. The van der Waals surface area contributed by atoms with E-state index >= 15 is 0 Å². The van der Waals surface area contributed by atoms with Crippen molar-refractivity contribution in [3.05, 3.63) is 83.0 Å². The summed E-state index contributed by atoms with van der Waals surface area (Å²) in [4.78, 5) is 4.30. The minimum absolute atomic E-state index is 0.768. The summed E-state index contributed by atoms with van der Waals surface area (Å²) in [6, 6.07) is 22.9. The molecule has 0 atom stereocenters. The maximum Gasteiger partial charge on any atom is 0.126 e. The average Bonchev–Trinajstić information content (AvgIpc) is 2.56. The van der Waals surface area contributed by atoms with Crippen LogP contribution in [0.1, 0.15) is 5.56 Å². The molecule has 2 aromatic carbocycles. The molecular formula is C18H15BrN2. The van der Waals surface area contributed by atoms with E-state index in [1.807, 2.05) is 18.2 Å². The fourth-order valence-corrected chi connectivity index (χ4v) is 2.35. The number of nitrogens with zero attached hydrogens (tertiary/aromatic N) is 1. The van der Waals surface area contributed by atoms with E-state index in [1.54, 1.807) is 6.20 Å².